The topological polar surface area (TPSA) is 34.9 Å². The second kappa shape index (κ2) is 8.61. The second-order valence-electron chi connectivity index (χ2n) is 8.48. The van der Waals surface area contributed by atoms with Crippen molar-refractivity contribution in [2.45, 2.75) is 45.4 Å². The van der Waals surface area contributed by atoms with E-state index in [1.54, 1.807) is 10.8 Å². The van der Waals surface area contributed by atoms with Gasteiger partial charge in [-0.15, -0.1) is 0 Å². The number of fused-ring (bicyclic) bond motifs is 1. The highest BCUT2D eigenvalue weighted by molar-refractivity contribution is 6.30. The molecule has 154 valence electrons. The van der Waals surface area contributed by atoms with Crippen LogP contribution < -0.4 is 0 Å². The van der Waals surface area contributed by atoms with Crippen LogP contribution in [0, 0.1) is 5.92 Å². The summed E-state index contributed by atoms with van der Waals surface area (Å²) in [6.45, 7) is 6.72. The molecule has 0 radical (unpaired) electrons. The molecule has 0 bridgehead atoms. The van der Waals surface area contributed by atoms with Gasteiger partial charge >= 0.3 is 0 Å². The summed E-state index contributed by atoms with van der Waals surface area (Å²) in [4.78, 5) is 13.3. The summed E-state index contributed by atoms with van der Waals surface area (Å²) in [5, 5.41) is 5.55. The number of hydrogen-bond donors (Lipinski definition) is 0. The highest BCUT2D eigenvalue weighted by Crippen LogP contribution is 2.46. The molecule has 4 rings (SSSR count). The third-order valence-electron chi connectivity index (χ3n) is 6.06. The summed E-state index contributed by atoms with van der Waals surface area (Å²) in [5.74, 6) is 1.05. The summed E-state index contributed by atoms with van der Waals surface area (Å²) < 4.78 is 1.66. The predicted molar refractivity (Wildman–Crippen MR) is 124 cm³/mol. The van der Waals surface area contributed by atoms with Gasteiger partial charge in [0.25, 0.3) is 5.91 Å². The molecule has 30 heavy (non-hydrogen) atoms. The highest BCUT2D eigenvalue weighted by atomic mass is 35.5. The second-order valence-corrected chi connectivity index (χ2v) is 8.91. The molecular formula is C26H27ClN2O. The molecule has 1 aliphatic rings. The van der Waals surface area contributed by atoms with E-state index in [4.69, 9.17) is 16.7 Å². The fourth-order valence-corrected chi connectivity index (χ4v) is 4.56. The lowest BCUT2D eigenvalue weighted by atomic mass is 9.75. The molecule has 1 heterocycles. The minimum atomic E-state index is -0.108. The van der Waals surface area contributed by atoms with Gasteiger partial charge in [-0.2, -0.15) is 5.10 Å². The minimum Gasteiger partial charge on any atom is -0.267 e. The maximum absolute atomic E-state index is 13.3. The van der Waals surface area contributed by atoms with Gasteiger partial charge in [0.05, 0.1) is 11.4 Å². The van der Waals surface area contributed by atoms with Crippen molar-refractivity contribution in [3.05, 3.63) is 82.5 Å². The molecule has 3 nitrogen and oxygen atoms in total. The quantitative estimate of drug-likeness (QED) is 0.420. The Kier molecular flexibility index (Phi) is 5.92. The van der Waals surface area contributed by atoms with Crippen molar-refractivity contribution in [1.29, 1.82) is 0 Å². The average Bonchev–Trinajstić information content (AvgIpc) is 3.15. The summed E-state index contributed by atoms with van der Waals surface area (Å²) in [6, 6.07) is 17.7. The van der Waals surface area contributed by atoms with Gasteiger partial charge in [0.1, 0.15) is 0 Å². The predicted octanol–water partition coefficient (Wildman–Crippen LogP) is 7.19. The highest BCUT2D eigenvalue weighted by Gasteiger charge is 2.35. The van der Waals surface area contributed by atoms with E-state index >= 15 is 0 Å². The van der Waals surface area contributed by atoms with Gasteiger partial charge in [0.2, 0.25) is 0 Å². The lowest BCUT2D eigenvalue weighted by molar-refractivity contribution is 0.0947. The van der Waals surface area contributed by atoms with Crippen LogP contribution in [0.1, 0.15) is 67.1 Å². The van der Waals surface area contributed by atoms with Crippen LogP contribution in [-0.2, 0) is 0 Å². The lowest BCUT2D eigenvalue weighted by Crippen LogP contribution is -2.23. The molecule has 2 aromatic carbocycles. The number of hydrogen-bond acceptors (Lipinski definition) is 2. The number of allylic oxidation sites excluding steroid dienone is 1. The van der Waals surface area contributed by atoms with Crippen LogP contribution in [0.3, 0.4) is 0 Å². The molecule has 0 unspecified atom stereocenters. The first-order chi connectivity index (χ1) is 14.5. The van der Waals surface area contributed by atoms with E-state index in [-0.39, 0.29) is 5.91 Å². The summed E-state index contributed by atoms with van der Waals surface area (Å²) in [5.41, 5.74) is 5.27. The third kappa shape index (κ3) is 3.99. The zero-order chi connectivity index (χ0) is 21.3. The number of benzene rings is 2. The van der Waals surface area contributed by atoms with Gasteiger partial charge in [-0.05, 0) is 48.4 Å². The number of nitrogens with zero attached hydrogens (tertiary/aromatic N) is 2. The van der Waals surface area contributed by atoms with Crippen LogP contribution in [0.5, 0.6) is 0 Å². The van der Waals surface area contributed by atoms with Crippen molar-refractivity contribution in [2.75, 3.05) is 0 Å². The Bertz CT molecular complexity index is 1060. The molecule has 3 aromatic rings. The molecule has 0 saturated carbocycles. The van der Waals surface area contributed by atoms with E-state index in [0.717, 1.165) is 35.4 Å². The van der Waals surface area contributed by atoms with Crippen LogP contribution in [0.4, 0.5) is 0 Å². The molecule has 0 N–H and O–H groups in total. The van der Waals surface area contributed by atoms with Crippen LogP contribution >= 0.6 is 11.6 Å². The maximum atomic E-state index is 13.3. The Morgan fingerprint density at radius 1 is 1.10 bits per heavy atom. The van der Waals surface area contributed by atoms with Crippen LogP contribution in [0.2, 0.25) is 5.02 Å². The molecule has 2 atom stereocenters. The Balaban J connectivity index is 1.80. The van der Waals surface area contributed by atoms with Gasteiger partial charge in [-0.3, -0.25) is 4.79 Å². The molecule has 1 aliphatic carbocycles. The monoisotopic (exact) mass is 418 g/mol. The number of halogens is 1. The Hall–Kier alpha value is -2.65. The fraction of sp³-hybridized carbons (Fsp3) is 0.308. The van der Waals surface area contributed by atoms with E-state index in [2.05, 4.69) is 32.9 Å². The lowest BCUT2D eigenvalue weighted by Gasteiger charge is -2.30. The van der Waals surface area contributed by atoms with E-state index < -0.39 is 0 Å². The van der Waals surface area contributed by atoms with Crippen molar-refractivity contribution in [3.63, 3.8) is 0 Å². The number of aromatic nitrogens is 2. The molecular weight excluding hydrogens is 392 g/mol. The van der Waals surface area contributed by atoms with Gasteiger partial charge in [-0.1, -0.05) is 74.8 Å². The summed E-state index contributed by atoms with van der Waals surface area (Å²) in [6.07, 6.45) is 5.64. The molecule has 0 spiro atoms. The normalized spacial score (nSPS) is 18.7. The van der Waals surface area contributed by atoms with E-state index in [1.165, 1.54) is 5.56 Å². The first-order valence-electron chi connectivity index (χ1n) is 10.6. The largest absolute Gasteiger partial charge is 0.271 e. The Morgan fingerprint density at radius 3 is 2.47 bits per heavy atom. The van der Waals surface area contributed by atoms with Crippen LogP contribution in [-0.4, -0.2) is 15.7 Å². The van der Waals surface area contributed by atoms with Crippen LogP contribution in [0.15, 0.2) is 60.7 Å². The van der Waals surface area contributed by atoms with Crippen molar-refractivity contribution in [1.82, 2.24) is 9.78 Å². The van der Waals surface area contributed by atoms with E-state index in [0.29, 0.717) is 22.8 Å². The first-order valence-corrected chi connectivity index (χ1v) is 11.0. The van der Waals surface area contributed by atoms with Gasteiger partial charge in [0.15, 0.2) is 0 Å². The van der Waals surface area contributed by atoms with Crippen molar-refractivity contribution in [3.8, 4) is 11.3 Å². The van der Waals surface area contributed by atoms with Crippen LogP contribution in [0.25, 0.3) is 17.3 Å². The van der Waals surface area contributed by atoms with E-state index in [1.807, 2.05) is 48.5 Å². The van der Waals surface area contributed by atoms with E-state index in [9.17, 15) is 4.79 Å². The Morgan fingerprint density at radius 2 is 1.80 bits per heavy atom. The summed E-state index contributed by atoms with van der Waals surface area (Å²) >= 11 is 5.96. The van der Waals surface area contributed by atoms with Crippen molar-refractivity contribution >= 4 is 23.6 Å². The Labute approximate surface area is 183 Å². The maximum Gasteiger partial charge on any atom is 0.271 e. The van der Waals surface area contributed by atoms with Gasteiger partial charge < -0.3 is 0 Å². The third-order valence-corrected chi connectivity index (χ3v) is 6.32. The fourth-order valence-electron chi connectivity index (χ4n) is 4.43. The standard InChI is InChI=1S/C26H27ClN2O/c1-17(2)22-15-9-18(3)24-25(20-7-5-4-6-8-20)28-29(26(22)24)23(30)16-12-19-10-13-21(27)14-11-19/h4-8,10-14,16-18,22H,9,15H2,1-3H3/b16-12+/t18-,22-/m0/s1. The minimum absolute atomic E-state index is 0.108. The zero-order valence-electron chi connectivity index (χ0n) is 17.7. The first kappa shape index (κ1) is 20.6. The van der Waals surface area contributed by atoms with Crippen molar-refractivity contribution in [2.24, 2.45) is 5.92 Å². The smallest absolute Gasteiger partial charge is 0.267 e. The van der Waals surface area contributed by atoms with Crippen molar-refractivity contribution < 1.29 is 4.79 Å². The molecule has 1 aromatic heterocycles. The number of carbonyl (C=O) groups is 1. The molecule has 4 heteroatoms. The van der Waals surface area contributed by atoms with Gasteiger partial charge in [-0.25, -0.2) is 4.68 Å². The zero-order valence-corrected chi connectivity index (χ0v) is 18.4. The molecule has 0 fully saturated rings. The number of rotatable bonds is 4. The summed E-state index contributed by atoms with van der Waals surface area (Å²) in [7, 11) is 0. The van der Waals surface area contributed by atoms with Gasteiger partial charge in [0, 0.05) is 28.1 Å². The molecule has 0 aliphatic heterocycles. The number of carbonyl (C=O) groups excluding carboxylic acids is 1. The molecule has 0 amide bonds. The average molecular weight is 419 g/mol. The SMILES string of the molecule is CC(C)[C@@H]1CC[C@H](C)c2c(-c3ccccc3)nn(C(=O)/C=C/c3ccc(Cl)cc3)c21. The molecule has 0 saturated heterocycles.